The highest BCUT2D eigenvalue weighted by Crippen LogP contribution is 2.10. The molecule has 0 spiro atoms. The summed E-state index contributed by atoms with van der Waals surface area (Å²) < 4.78 is 0. The quantitative estimate of drug-likeness (QED) is 0.736. The van der Waals surface area contributed by atoms with E-state index in [1.54, 1.807) is 4.90 Å². The number of rotatable bonds is 7. The van der Waals surface area contributed by atoms with E-state index in [2.05, 4.69) is 5.32 Å². The molecule has 0 bridgehead atoms. The first-order chi connectivity index (χ1) is 8.38. The molecule has 0 aromatic carbocycles. The molecule has 3 atom stereocenters. The summed E-state index contributed by atoms with van der Waals surface area (Å²) in [5.74, 6) is -1.06. The van der Waals surface area contributed by atoms with Gasteiger partial charge in [-0.25, -0.2) is 9.59 Å². The van der Waals surface area contributed by atoms with Crippen molar-refractivity contribution in [1.29, 1.82) is 0 Å². The zero-order chi connectivity index (χ0) is 14.3. The van der Waals surface area contributed by atoms with Crippen LogP contribution in [-0.4, -0.2) is 40.6 Å². The Hall–Kier alpha value is -1.26. The van der Waals surface area contributed by atoms with Crippen molar-refractivity contribution in [2.24, 2.45) is 5.92 Å². The van der Waals surface area contributed by atoms with Gasteiger partial charge in [0.2, 0.25) is 0 Å². The molecule has 0 aromatic rings. The molecule has 0 aliphatic carbocycles. The van der Waals surface area contributed by atoms with Crippen molar-refractivity contribution < 1.29 is 14.7 Å². The molecule has 0 fully saturated rings. The molecule has 2 amide bonds. The maximum absolute atomic E-state index is 12.1. The van der Waals surface area contributed by atoms with Gasteiger partial charge in [-0.15, -0.1) is 0 Å². The minimum Gasteiger partial charge on any atom is -0.480 e. The van der Waals surface area contributed by atoms with Gasteiger partial charge in [0.1, 0.15) is 6.04 Å². The molecule has 0 aliphatic heterocycles. The Kier molecular flexibility index (Phi) is 7.39. The van der Waals surface area contributed by atoms with Gasteiger partial charge >= 0.3 is 12.0 Å². The molecule has 0 saturated heterocycles. The SMILES string of the molecule is CCC(C)[C@H](NC(=O)N(CC)C(C)CC)C(=O)O. The molecule has 106 valence electrons. The number of amides is 2. The van der Waals surface area contributed by atoms with Crippen LogP contribution in [0.3, 0.4) is 0 Å². The first-order valence-corrected chi connectivity index (χ1v) is 6.68. The average Bonchev–Trinajstić information content (AvgIpc) is 2.35. The molecule has 2 N–H and O–H groups in total. The van der Waals surface area contributed by atoms with E-state index >= 15 is 0 Å². The van der Waals surface area contributed by atoms with Gasteiger partial charge in [0, 0.05) is 12.6 Å². The highest BCUT2D eigenvalue weighted by Gasteiger charge is 2.28. The number of hydrogen-bond acceptors (Lipinski definition) is 2. The lowest BCUT2D eigenvalue weighted by atomic mass is 9.99. The highest BCUT2D eigenvalue weighted by atomic mass is 16.4. The fourth-order valence-electron chi connectivity index (χ4n) is 1.77. The van der Waals surface area contributed by atoms with Crippen LogP contribution in [0.4, 0.5) is 4.79 Å². The predicted molar refractivity (Wildman–Crippen MR) is 71.5 cm³/mol. The maximum Gasteiger partial charge on any atom is 0.326 e. The molecule has 18 heavy (non-hydrogen) atoms. The maximum atomic E-state index is 12.1. The number of urea groups is 1. The molecule has 0 saturated carbocycles. The molecule has 0 rings (SSSR count). The smallest absolute Gasteiger partial charge is 0.326 e. The Bertz CT molecular complexity index is 281. The minimum atomic E-state index is -0.974. The molecule has 5 heteroatoms. The third-order valence-electron chi connectivity index (χ3n) is 3.48. The number of aliphatic carboxylic acids is 1. The second kappa shape index (κ2) is 7.95. The second-order valence-corrected chi connectivity index (χ2v) is 4.69. The van der Waals surface area contributed by atoms with Crippen LogP contribution in [0.25, 0.3) is 0 Å². The monoisotopic (exact) mass is 258 g/mol. The summed E-state index contributed by atoms with van der Waals surface area (Å²) >= 11 is 0. The largest absolute Gasteiger partial charge is 0.480 e. The number of hydrogen-bond donors (Lipinski definition) is 2. The lowest BCUT2D eigenvalue weighted by Gasteiger charge is -2.30. The molecular formula is C13H26N2O3. The molecule has 0 heterocycles. The fourth-order valence-corrected chi connectivity index (χ4v) is 1.77. The molecule has 0 aromatic heterocycles. The third kappa shape index (κ3) is 4.55. The normalized spacial score (nSPS) is 15.6. The van der Waals surface area contributed by atoms with Gasteiger partial charge in [0.05, 0.1) is 0 Å². The van der Waals surface area contributed by atoms with Crippen LogP contribution in [0.15, 0.2) is 0 Å². The van der Waals surface area contributed by atoms with Crippen LogP contribution in [0.2, 0.25) is 0 Å². The van der Waals surface area contributed by atoms with Crippen LogP contribution in [-0.2, 0) is 4.79 Å². The number of carbonyl (C=O) groups excluding carboxylic acids is 1. The van der Waals surface area contributed by atoms with Crippen LogP contribution >= 0.6 is 0 Å². The second-order valence-electron chi connectivity index (χ2n) is 4.69. The Morgan fingerprint density at radius 2 is 1.72 bits per heavy atom. The summed E-state index contributed by atoms with van der Waals surface area (Å²) in [6.45, 7) is 10.2. The molecule has 5 nitrogen and oxygen atoms in total. The van der Waals surface area contributed by atoms with Crippen LogP contribution in [0.1, 0.15) is 47.5 Å². The molecule has 2 unspecified atom stereocenters. The number of carbonyl (C=O) groups is 2. The van der Waals surface area contributed by atoms with Gasteiger partial charge in [-0.05, 0) is 26.2 Å². The zero-order valence-corrected chi connectivity index (χ0v) is 12.1. The first kappa shape index (κ1) is 16.7. The predicted octanol–water partition coefficient (Wildman–Crippen LogP) is 2.32. The topological polar surface area (TPSA) is 69.6 Å². The van der Waals surface area contributed by atoms with Crippen LogP contribution < -0.4 is 5.32 Å². The summed E-state index contributed by atoms with van der Waals surface area (Å²) in [6.07, 6.45) is 1.56. The fraction of sp³-hybridized carbons (Fsp3) is 0.846. The van der Waals surface area contributed by atoms with E-state index in [0.717, 1.165) is 6.42 Å². The lowest BCUT2D eigenvalue weighted by molar-refractivity contribution is -0.140. The van der Waals surface area contributed by atoms with E-state index < -0.39 is 12.0 Å². The minimum absolute atomic E-state index is 0.0814. The van der Waals surface area contributed by atoms with Gasteiger partial charge < -0.3 is 15.3 Å². The average molecular weight is 258 g/mol. The highest BCUT2D eigenvalue weighted by molar-refractivity contribution is 5.82. The Labute approximate surface area is 110 Å². The number of carboxylic acid groups (broad SMARTS) is 1. The molecule has 0 radical (unpaired) electrons. The number of carboxylic acids is 1. The van der Waals surface area contributed by atoms with E-state index in [1.165, 1.54) is 0 Å². The molecular weight excluding hydrogens is 232 g/mol. The van der Waals surface area contributed by atoms with Gasteiger partial charge in [-0.1, -0.05) is 27.2 Å². The van der Waals surface area contributed by atoms with Gasteiger partial charge in [0.25, 0.3) is 0 Å². The lowest BCUT2D eigenvalue weighted by Crippen LogP contribution is -2.52. The summed E-state index contributed by atoms with van der Waals surface area (Å²) in [7, 11) is 0. The van der Waals surface area contributed by atoms with E-state index in [9.17, 15) is 9.59 Å². The Morgan fingerprint density at radius 3 is 2.06 bits per heavy atom. The number of nitrogens with one attached hydrogen (secondary N) is 1. The standard InChI is InChI=1S/C13H26N2O3/c1-6-9(4)11(12(16)17)14-13(18)15(8-3)10(5)7-2/h9-11H,6-8H2,1-5H3,(H,14,18)(H,16,17)/t9?,10?,11-/m0/s1. The first-order valence-electron chi connectivity index (χ1n) is 6.68. The third-order valence-corrected chi connectivity index (χ3v) is 3.48. The van der Waals surface area contributed by atoms with Crippen molar-refractivity contribution >= 4 is 12.0 Å². The summed E-state index contributed by atoms with van der Waals surface area (Å²) in [6, 6.07) is -0.999. The summed E-state index contributed by atoms with van der Waals surface area (Å²) in [4.78, 5) is 24.9. The zero-order valence-electron chi connectivity index (χ0n) is 12.1. The summed E-state index contributed by atoms with van der Waals surface area (Å²) in [5.41, 5.74) is 0. The van der Waals surface area contributed by atoms with E-state index in [4.69, 9.17) is 5.11 Å². The summed E-state index contributed by atoms with van der Waals surface area (Å²) in [5, 5.41) is 11.8. The van der Waals surface area contributed by atoms with E-state index in [-0.39, 0.29) is 18.0 Å². The van der Waals surface area contributed by atoms with Gasteiger partial charge in [0.15, 0.2) is 0 Å². The van der Waals surface area contributed by atoms with E-state index in [1.807, 2.05) is 34.6 Å². The van der Waals surface area contributed by atoms with Crippen LogP contribution in [0.5, 0.6) is 0 Å². The molecule has 0 aliphatic rings. The van der Waals surface area contributed by atoms with Crippen molar-refractivity contribution in [3.8, 4) is 0 Å². The van der Waals surface area contributed by atoms with Crippen molar-refractivity contribution in [3.63, 3.8) is 0 Å². The van der Waals surface area contributed by atoms with E-state index in [0.29, 0.717) is 13.0 Å². The van der Waals surface area contributed by atoms with Crippen LogP contribution in [0, 0.1) is 5.92 Å². The van der Waals surface area contributed by atoms with Gasteiger partial charge in [-0.3, -0.25) is 0 Å². The number of nitrogens with zero attached hydrogens (tertiary/aromatic N) is 1. The van der Waals surface area contributed by atoms with Crippen molar-refractivity contribution in [3.05, 3.63) is 0 Å². The Balaban J connectivity index is 4.72. The van der Waals surface area contributed by atoms with Crippen molar-refractivity contribution in [1.82, 2.24) is 10.2 Å². The van der Waals surface area contributed by atoms with Crippen molar-refractivity contribution in [2.75, 3.05) is 6.54 Å². The van der Waals surface area contributed by atoms with Gasteiger partial charge in [-0.2, -0.15) is 0 Å². The van der Waals surface area contributed by atoms with Crippen molar-refractivity contribution in [2.45, 2.75) is 59.5 Å². The Morgan fingerprint density at radius 1 is 1.17 bits per heavy atom.